The zero-order valence-corrected chi connectivity index (χ0v) is 15.8. The summed E-state index contributed by atoms with van der Waals surface area (Å²) >= 11 is 0. The Morgan fingerprint density at radius 2 is 1.52 bits per heavy atom. The van der Waals surface area contributed by atoms with Crippen LogP contribution in [0.4, 0.5) is 5.69 Å². The fourth-order valence-electron chi connectivity index (χ4n) is 2.51. The molecular weight excluding hydrogens is 394 g/mol. The fraction of sp³-hybridized carbons (Fsp3) is 0. The van der Waals surface area contributed by atoms with E-state index in [-0.39, 0.29) is 22.0 Å². The number of sulfonamides is 1. The van der Waals surface area contributed by atoms with E-state index >= 15 is 0 Å². The van der Waals surface area contributed by atoms with Crippen molar-refractivity contribution in [3.63, 3.8) is 0 Å². The Morgan fingerprint density at radius 1 is 0.862 bits per heavy atom. The Morgan fingerprint density at radius 3 is 2.17 bits per heavy atom. The molecule has 0 saturated carbocycles. The third-order valence-electron chi connectivity index (χ3n) is 4.04. The lowest BCUT2D eigenvalue weighted by molar-refractivity contribution is 0.104. The SMILES string of the molecule is O=C(C=Cc1ccc(O)c(NS(=O)(=O)c2ccc(O)cc2)c1O)c1ccccc1. The van der Waals surface area contributed by atoms with Gasteiger partial charge in [-0.15, -0.1) is 0 Å². The van der Waals surface area contributed by atoms with Crippen LogP contribution in [0, 0.1) is 0 Å². The average Bonchev–Trinajstić information content (AvgIpc) is 2.71. The van der Waals surface area contributed by atoms with Crippen LogP contribution in [-0.2, 0) is 10.0 Å². The van der Waals surface area contributed by atoms with Crippen molar-refractivity contribution >= 4 is 27.6 Å². The lowest BCUT2D eigenvalue weighted by Crippen LogP contribution is -2.13. The van der Waals surface area contributed by atoms with Gasteiger partial charge in [0.15, 0.2) is 11.5 Å². The van der Waals surface area contributed by atoms with Crippen molar-refractivity contribution in [3.05, 3.63) is 83.9 Å². The molecule has 29 heavy (non-hydrogen) atoms. The second kappa shape index (κ2) is 8.07. The number of aromatic hydroxyl groups is 3. The van der Waals surface area contributed by atoms with Gasteiger partial charge in [-0.25, -0.2) is 8.42 Å². The van der Waals surface area contributed by atoms with E-state index in [0.29, 0.717) is 5.56 Å². The smallest absolute Gasteiger partial charge is 0.262 e. The minimum absolute atomic E-state index is 0.107. The Kier molecular flexibility index (Phi) is 5.56. The first-order valence-corrected chi connectivity index (χ1v) is 9.90. The Labute approximate surface area is 167 Å². The van der Waals surface area contributed by atoms with Crippen molar-refractivity contribution in [2.75, 3.05) is 4.72 Å². The number of anilines is 1. The number of rotatable bonds is 6. The van der Waals surface area contributed by atoms with Crippen molar-refractivity contribution in [1.82, 2.24) is 0 Å². The van der Waals surface area contributed by atoms with Crippen LogP contribution in [0.3, 0.4) is 0 Å². The lowest BCUT2D eigenvalue weighted by atomic mass is 10.1. The first-order chi connectivity index (χ1) is 13.8. The zero-order chi connectivity index (χ0) is 21.0. The van der Waals surface area contributed by atoms with Crippen LogP contribution in [0.1, 0.15) is 15.9 Å². The highest BCUT2D eigenvalue weighted by Gasteiger charge is 2.20. The molecule has 0 aliphatic heterocycles. The van der Waals surface area contributed by atoms with Crippen molar-refractivity contribution < 1.29 is 28.5 Å². The van der Waals surface area contributed by atoms with Crippen LogP contribution in [0.25, 0.3) is 6.08 Å². The van der Waals surface area contributed by atoms with Crippen molar-refractivity contribution in [2.45, 2.75) is 4.90 Å². The molecule has 0 atom stereocenters. The van der Waals surface area contributed by atoms with Gasteiger partial charge in [-0.05, 0) is 48.6 Å². The van der Waals surface area contributed by atoms with Crippen LogP contribution in [0.15, 0.2) is 77.7 Å². The van der Waals surface area contributed by atoms with Gasteiger partial charge in [0.05, 0.1) is 4.90 Å². The maximum absolute atomic E-state index is 12.5. The number of hydrogen-bond acceptors (Lipinski definition) is 6. The number of benzene rings is 3. The highest BCUT2D eigenvalue weighted by Crippen LogP contribution is 2.38. The largest absolute Gasteiger partial charge is 0.508 e. The van der Waals surface area contributed by atoms with Gasteiger partial charge >= 0.3 is 0 Å². The molecule has 3 rings (SSSR count). The summed E-state index contributed by atoms with van der Waals surface area (Å²) < 4.78 is 27.1. The first kappa shape index (κ1) is 20.0. The summed E-state index contributed by atoms with van der Waals surface area (Å²) in [6.45, 7) is 0. The van der Waals surface area contributed by atoms with Gasteiger partial charge in [0.1, 0.15) is 17.2 Å². The average molecular weight is 411 g/mol. The minimum atomic E-state index is -4.14. The predicted octanol–water partition coefficient (Wildman–Crippen LogP) is 3.50. The zero-order valence-electron chi connectivity index (χ0n) is 15.0. The molecule has 0 aromatic heterocycles. The van der Waals surface area contributed by atoms with E-state index in [1.165, 1.54) is 48.6 Å². The molecule has 8 heteroatoms. The molecule has 7 nitrogen and oxygen atoms in total. The molecule has 0 spiro atoms. The maximum Gasteiger partial charge on any atom is 0.262 e. The van der Waals surface area contributed by atoms with E-state index in [1.54, 1.807) is 30.3 Å². The van der Waals surface area contributed by atoms with Crippen molar-refractivity contribution in [2.24, 2.45) is 0 Å². The highest BCUT2D eigenvalue weighted by molar-refractivity contribution is 7.92. The standard InChI is InChI=1S/C21H17NO6S/c23-16-8-10-17(11-9-16)29(27,28)22-20-19(25)13-7-15(21(20)26)6-12-18(24)14-4-2-1-3-5-14/h1-13,22-23,25-26H. The van der Waals surface area contributed by atoms with E-state index < -0.39 is 27.2 Å². The molecule has 3 aromatic carbocycles. The van der Waals surface area contributed by atoms with Gasteiger partial charge in [-0.2, -0.15) is 0 Å². The second-order valence-electron chi connectivity index (χ2n) is 6.06. The van der Waals surface area contributed by atoms with Crippen LogP contribution >= 0.6 is 0 Å². The van der Waals surface area contributed by atoms with Crippen molar-refractivity contribution in [3.8, 4) is 17.2 Å². The Hall–Kier alpha value is -3.78. The normalized spacial score (nSPS) is 11.4. The first-order valence-electron chi connectivity index (χ1n) is 8.42. The Balaban J connectivity index is 1.90. The van der Waals surface area contributed by atoms with Crippen molar-refractivity contribution in [1.29, 1.82) is 0 Å². The maximum atomic E-state index is 12.5. The molecule has 0 bridgehead atoms. The van der Waals surface area contributed by atoms with Gasteiger partial charge in [-0.1, -0.05) is 30.3 Å². The molecule has 0 aliphatic carbocycles. The van der Waals surface area contributed by atoms with Gasteiger partial charge in [-0.3, -0.25) is 9.52 Å². The van der Waals surface area contributed by atoms with E-state index in [4.69, 9.17) is 0 Å². The third kappa shape index (κ3) is 4.56. The quantitative estimate of drug-likeness (QED) is 0.280. The number of ketones is 1. The van der Waals surface area contributed by atoms with Crippen LogP contribution in [0.2, 0.25) is 0 Å². The summed E-state index contributed by atoms with van der Waals surface area (Å²) in [5.74, 6) is -1.44. The van der Waals surface area contributed by atoms with Crippen LogP contribution in [-0.4, -0.2) is 29.5 Å². The molecule has 0 unspecified atom stereocenters. The highest BCUT2D eigenvalue weighted by atomic mass is 32.2. The summed E-state index contributed by atoms with van der Waals surface area (Å²) in [5.41, 5.74) is 0.165. The van der Waals surface area contributed by atoms with E-state index in [2.05, 4.69) is 4.72 Å². The Bertz CT molecular complexity index is 1170. The summed E-state index contributed by atoms with van der Waals surface area (Å²) in [5, 5.41) is 29.7. The number of carbonyl (C=O) groups excluding carboxylic acids is 1. The van der Waals surface area contributed by atoms with Gasteiger partial charge < -0.3 is 15.3 Å². The molecule has 3 aromatic rings. The number of allylic oxidation sites excluding steroid dienone is 1. The van der Waals surface area contributed by atoms with Gasteiger partial charge in [0, 0.05) is 11.1 Å². The minimum Gasteiger partial charge on any atom is -0.508 e. The number of hydrogen-bond donors (Lipinski definition) is 4. The monoisotopic (exact) mass is 411 g/mol. The number of carbonyl (C=O) groups is 1. The number of phenols is 3. The van der Waals surface area contributed by atoms with E-state index in [1.807, 2.05) is 0 Å². The molecule has 4 N–H and O–H groups in total. The molecule has 0 saturated heterocycles. The van der Waals surface area contributed by atoms with Gasteiger partial charge in [0.25, 0.3) is 10.0 Å². The molecule has 148 valence electrons. The molecular formula is C21H17NO6S. The third-order valence-corrected chi connectivity index (χ3v) is 5.41. The molecule has 0 radical (unpaired) electrons. The summed E-state index contributed by atoms with van der Waals surface area (Å²) in [6.07, 6.45) is 2.56. The number of phenolic OH excluding ortho intramolecular Hbond substituents is 3. The fourth-order valence-corrected chi connectivity index (χ4v) is 3.60. The van der Waals surface area contributed by atoms with E-state index in [9.17, 15) is 28.5 Å². The summed E-state index contributed by atoms with van der Waals surface area (Å²) in [7, 11) is -4.14. The topological polar surface area (TPSA) is 124 Å². The van der Waals surface area contributed by atoms with Gasteiger partial charge in [0.2, 0.25) is 0 Å². The molecule has 0 fully saturated rings. The second-order valence-corrected chi connectivity index (χ2v) is 7.74. The lowest BCUT2D eigenvalue weighted by Gasteiger charge is -2.13. The molecule has 0 aliphatic rings. The summed E-state index contributed by atoms with van der Waals surface area (Å²) in [6, 6.07) is 15.8. The van der Waals surface area contributed by atoms with Crippen LogP contribution in [0.5, 0.6) is 17.2 Å². The number of nitrogens with one attached hydrogen (secondary N) is 1. The molecule has 0 heterocycles. The predicted molar refractivity (Wildman–Crippen MR) is 108 cm³/mol. The molecule has 0 amide bonds. The summed E-state index contributed by atoms with van der Waals surface area (Å²) in [4.78, 5) is 12.0. The van der Waals surface area contributed by atoms with Crippen LogP contribution < -0.4 is 4.72 Å². The van der Waals surface area contributed by atoms with E-state index in [0.717, 1.165) is 0 Å².